The van der Waals surface area contributed by atoms with Crippen LogP contribution in [-0.2, 0) is 0 Å². The quantitative estimate of drug-likeness (QED) is 0.248. The Morgan fingerprint density at radius 1 is 0.526 bits per heavy atom. The van der Waals surface area contributed by atoms with Crippen LogP contribution in [-0.4, -0.2) is 0 Å². The van der Waals surface area contributed by atoms with Gasteiger partial charge < -0.3 is 0 Å². The summed E-state index contributed by atoms with van der Waals surface area (Å²) in [7, 11) is 0. The molecule has 1 heteroatoms. The molecule has 0 nitrogen and oxygen atoms in total. The van der Waals surface area contributed by atoms with E-state index in [1.54, 1.807) is 0 Å². The third kappa shape index (κ3) is 1.77. The molecule has 84 valence electrons. The van der Waals surface area contributed by atoms with Crippen LogP contribution in [0.5, 0.6) is 0 Å². The van der Waals surface area contributed by atoms with Gasteiger partial charge in [0.25, 0.3) is 0 Å². The molecule has 0 aromatic heterocycles. The van der Waals surface area contributed by atoms with Gasteiger partial charge in [-0.25, -0.2) is 0 Å². The van der Waals surface area contributed by atoms with E-state index in [1.165, 1.54) is 32.3 Å². The van der Waals surface area contributed by atoms with Gasteiger partial charge in [-0.15, -0.1) is 35.0 Å². The molecule has 0 spiro atoms. The monoisotopic (exact) mass is 234 g/mol. The van der Waals surface area contributed by atoms with Crippen LogP contribution in [0.15, 0.2) is 66.7 Å². The predicted octanol–water partition coefficient (Wildman–Crippen LogP) is 1.95. The van der Waals surface area contributed by atoms with Gasteiger partial charge >= 0.3 is 18.9 Å². The Hall–Kier alpha value is -1.74. The van der Waals surface area contributed by atoms with Gasteiger partial charge in [0, 0.05) is 0 Å². The maximum Gasteiger partial charge on any atom is 1.00 e. The predicted molar refractivity (Wildman–Crippen MR) is 77.8 cm³/mol. The fourth-order valence-corrected chi connectivity index (χ4v) is 2.77. The Labute approximate surface area is 124 Å². The van der Waals surface area contributed by atoms with E-state index in [0.717, 1.165) is 0 Å². The van der Waals surface area contributed by atoms with Crippen molar-refractivity contribution in [3.63, 3.8) is 0 Å². The van der Waals surface area contributed by atoms with E-state index in [2.05, 4.69) is 66.7 Å². The fourth-order valence-electron chi connectivity index (χ4n) is 2.77. The molecule has 0 amide bonds. The van der Waals surface area contributed by atoms with Crippen molar-refractivity contribution >= 4 is 32.3 Å². The molecule has 4 aromatic rings. The topological polar surface area (TPSA) is 0 Å². The molecule has 0 atom stereocenters. The molecule has 19 heavy (non-hydrogen) atoms. The molecule has 0 saturated heterocycles. The molecule has 0 unspecified atom stereocenters. The summed E-state index contributed by atoms with van der Waals surface area (Å²) in [5.41, 5.74) is 0. The van der Waals surface area contributed by atoms with Crippen LogP contribution in [0.25, 0.3) is 32.3 Å². The first-order valence-electron chi connectivity index (χ1n) is 6.15. The molecule has 0 saturated carbocycles. The average molecular weight is 234 g/mol. The van der Waals surface area contributed by atoms with Gasteiger partial charge in [0.15, 0.2) is 0 Å². The zero-order chi connectivity index (χ0) is 11.9. The number of hydrogen-bond donors (Lipinski definition) is 0. The van der Waals surface area contributed by atoms with Crippen LogP contribution in [0.3, 0.4) is 0 Å². The summed E-state index contributed by atoms with van der Waals surface area (Å²) in [4.78, 5) is 0. The molecule has 4 rings (SSSR count). The van der Waals surface area contributed by atoms with Gasteiger partial charge in [-0.05, 0) is 5.39 Å². The SMILES string of the molecule is [Li+].[c-]1cccc2c1c1ccccc1c1ccccc21. The van der Waals surface area contributed by atoms with E-state index in [4.69, 9.17) is 0 Å². The van der Waals surface area contributed by atoms with Crippen molar-refractivity contribution in [3.05, 3.63) is 72.8 Å². The summed E-state index contributed by atoms with van der Waals surface area (Å²) in [6.45, 7) is 0. The van der Waals surface area contributed by atoms with Gasteiger partial charge in [0.2, 0.25) is 0 Å². The van der Waals surface area contributed by atoms with Crippen molar-refractivity contribution in [2.24, 2.45) is 0 Å². The molecule has 0 bridgehead atoms. The third-order valence-corrected chi connectivity index (χ3v) is 3.56. The third-order valence-electron chi connectivity index (χ3n) is 3.56. The molecule has 0 N–H and O–H groups in total. The second kappa shape index (κ2) is 4.74. The van der Waals surface area contributed by atoms with Gasteiger partial charge in [-0.2, -0.15) is 0 Å². The smallest absolute Gasteiger partial charge is 0.147 e. The average Bonchev–Trinajstić information content (AvgIpc) is 2.48. The summed E-state index contributed by atoms with van der Waals surface area (Å²) in [5.74, 6) is 0. The fraction of sp³-hybridized carbons (Fsp3) is 0. The number of hydrogen-bond acceptors (Lipinski definition) is 0. The Balaban J connectivity index is 0.00000110. The molecule has 0 aliphatic rings. The minimum atomic E-state index is 0. The molecular weight excluding hydrogens is 223 g/mol. The second-order valence-electron chi connectivity index (χ2n) is 4.55. The van der Waals surface area contributed by atoms with Crippen molar-refractivity contribution in [2.45, 2.75) is 0 Å². The first-order valence-corrected chi connectivity index (χ1v) is 6.15. The van der Waals surface area contributed by atoms with Gasteiger partial charge in [0.1, 0.15) is 0 Å². The Morgan fingerprint density at radius 2 is 0.947 bits per heavy atom. The van der Waals surface area contributed by atoms with Gasteiger partial charge in [-0.3, -0.25) is 0 Å². The van der Waals surface area contributed by atoms with Crippen LogP contribution in [0.2, 0.25) is 0 Å². The van der Waals surface area contributed by atoms with Gasteiger partial charge in [0.05, 0.1) is 0 Å². The standard InChI is InChI=1S/C18H11.Li/c1-2-8-14-13(7-1)15-9-3-4-11-17(15)18-12-6-5-10-16(14)18;/h1-11H;/q-1;+1. The van der Waals surface area contributed by atoms with E-state index < -0.39 is 0 Å². The summed E-state index contributed by atoms with van der Waals surface area (Å²) in [6, 6.07) is 26.8. The Bertz CT molecular complexity index is 657. The zero-order valence-corrected chi connectivity index (χ0v) is 10.9. The van der Waals surface area contributed by atoms with E-state index in [9.17, 15) is 0 Å². The molecule has 4 aromatic carbocycles. The maximum atomic E-state index is 3.39. The molecule has 0 heterocycles. The summed E-state index contributed by atoms with van der Waals surface area (Å²) >= 11 is 0. The minimum Gasteiger partial charge on any atom is -0.147 e. The van der Waals surface area contributed by atoms with Crippen molar-refractivity contribution in [1.82, 2.24) is 0 Å². The van der Waals surface area contributed by atoms with Crippen LogP contribution in [0, 0.1) is 6.07 Å². The van der Waals surface area contributed by atoms with Crippen molar-refractivity contribution in [3.8, 4) is 0 Å². The van der Waals surface area contributed by atoms with Crippen LogP contribution >= 0.6 is 0 Å². The molecule has 0 radical (unpaired) electrons. The summed E-state index contributed by atoms with van der Waals surface area (Å²) in [5, 5.41) is 7.72. The maximum absolute atomic E-state index is 3.39. The molecule has 0 aliphatic heterocycles. The summed E-state index contributed by atoms with van der Waals surface area (Å²) < 4.78 is 0. The van der Waals surface area contributed by atoms with E-state index in [-0.39, 0.29) is 18.9 Å². The molecular formula is C18H11Li. The van der Waals surface area contributed by atoms with E-state index >= 15 is 0 Å². The second-order valence-corrected chi connectivity index (χ2v) is 4.55. The van der Waals surface area contributed by atoms with Crippen LogP contribution < -0.4 is 18.9 Å². The van der Waals surface area contributed by atoms with E-state index in [1.807, 2.05) is 6.07 Å². The zero-order valence-electron chi connectivity index (χ0n) is 10.9. The number of benzene rings is 4. The van der Waals surface area contributed by atoms with Gasteiger partial charge in [-0.1, -0.05) is 64.7 Å². The van der Waals surface area contributed by atoms with Crippen LogP contribution in [0.4, 0.5) is 0 Å². The van der Waals surface area contributed by atoms with E-state index in [0.29, 0.717) is 0 Å². The number of fused-ring (bicyclic) bond motifs is 6. The van der Waals surface area contributed by atoms with Crippen molar-refractivity contribution in [2.75, 3.05) is 0 Å². The Kier molecular flexibility index (Phi) is 3.07. The first kappa shape index (κ1) is 12.3. The summed E-state index contributed by atoms with van der Waals surface area (Å²) in [6.07, 6.45) is 0. The minimum absolute atomic E-state index is 0. The van der Waals surface area contributed by atoms with Crippen molar-refractivity contribution in [1.29, 1.82) is 0 Å². The number of rotatable bonds is 0. The molecule has 0 aliphatic carbocycles. The Morgan fingerprint density at radius 3 is 1.53 bits per heavy atom. The largest absolute Gasteiger partial charge is 1.00 e. The first-order chi connectivity index (χ1) is 8.95. The van der Waals surface area contributed by atoms with Crippen LogP contribution in [0.1, 0.15) is 0 Å². The van der Waals surface area contributed by atoms with Crippen molar-refractivity contribution < 1.29 is 18.9 Å². The molecule has 0 fully saturated rings. The normalized spacial score (nSPS) is 10.7.